The highest BCUT2D eigenvalue weighted by Crippen LogP contribution is 2.23. The number of rotatable bonds is 6. The van der Waals surface area contributed by atoms with Crippen LogP contribution in [0.15, 0.2) is 62.5 Å². The second-order valence-electron chi connectivity index (χ2n) is 5.90. The summed E-state index contributed by atoms with van der Waals surface area (Å²) in [6.07, 6.45) is 2.70. The maximum Gasteiger partial charge on any atom is 0.307 e. The van der Waals surface area contributed by atoms with Gasteiger partial charge in [-0.25, -0.2) is 5.43 Å². The minimum Gasteiger partial charge on any atom is -0.491 e. The molecule has 0 fully saturated rings. The number of ether oxygens (including phenoxy) is 1. The van der Waals surface area contributed by atoms with Crippen LogP contribution in [0.4, 0.5) is 0 Å². The number of hydrogen-bond acceptors (Lipinski definition) is 4. The molecule has 3 rings (SSSR count). The van der Waals surface area contributed by atoms with Crippen molar-refractivity contribution in [2.24, 2.45) is 5.10 Å². The van der Waals surface area contributed by atoms with Gasteiger partial charge < -0.3 is 9.15 Å². The summed E-state index contributed by atoms with van der Waals surface area (Å²) in [5, 5.41) is 4.83. The number of hydrazone groups is 1. The van der Waals surface area contributed by atoms with Gasteiger partial charge in [-0.1, -0.05) is 22.9 Å². The average molecular weight is 415 g/mol. The molecule has 2 aromatic carbocycles. The van der Waals surface area contributed by atoms with Crippen LogP contribution in [0.1, 0.15) is 36.4 Å². The van der Waals surface area contributed by atoms with Crippen molar-refractivity contribution >= 4 is 39.0 Å². The van der Waals surface area contributed by atoms with E-state index in [9.17, 15) is 4.79 Å². The molecule has 0 aliphatic heterocycles. The molecule has 0 unspecified atom stereocenters. The minimum atomic E-state index is -0.398. The Kier molecular flexibility index (Phi) is 5.73. The van der Waals surface area contributed by atoms with Crippen molar-refractivity contribution in [3.8, 4) is 5.75 Å². The first kappa shape index (κ1) is 18.2. The van der Waals surface area contributed by atoms with Crippen LogP contribution in [0.5, 0.6) is 5.75 Å². The fourth-order valence-corrected chi connectivity index (χ4v) is 2.67. The van der Waals surface area contributed by atoms with Crippen LogP contribution in [0.2, 0.25) is 0 Å². The van der Waals surface area contributed by atoms with Gasteiger partial charge in [0, 0.05) is 9.86 Å². The number of nitrogens with zero attached hydrogens (tertiary/aromatic N) is 1. The van der Waals surface area contributed by atoms with E-state index in [4.69, 9.17) is 9.15 Å². The minimum absolute atomic E-state index is 0.179. The van der Waals surface area contributed by atoms with Crippen LogP contribution in [0.3, 0.4) is 0 Å². The quantitative estimate of drug-likeness (QED) is 0.448. The summed E-state index contributed by atoms with van der Waals surface area (Å²) in [6, 6.07) is 14.8. The summed E-state index contributed by atoms with van der Waals surface area (Å²) < 4.78 is 12.2. The summed E-state index contributed by atoms with van der Waals surface area (Å²) in [6.45, 7) is 4.11. The van der Waals surface area contributed by atoms with E-state index in [2.05, 4.69) is 33.4 Å². The van der Waals surface area contributed by atoms with Crippen LogP contribution in [0, 0.1) is 0 Å². The van der Waals surface area contributed by atoms with Gasteiger partial charge in [-0.05, 0) is 67.4 Å². The Bertz CT molecular complexity index is 932. The van der Waals surface area contributed by atoms with E-state index in [1.165, 1.54) is 0 Å². The number of benzene rings is 2. The lowest BCUT2D eigenvalue weighted by atomic mass is 10.2. The predicted molar refractivity (Wildman–Crippen MR) is 106 cm³/mol. The van der Waals surface area contributed by atoms with Crippen molar-refractivity contribution in [1.29, 1.82) is 0 Å². The van der Waals surface area contributed by atoms with E-state index in [1.54, 1.807) is 12.3 Å². The molecule has 0 spiro atoms. The van der Waals surface area contributed by atoms with Crippen LogP contribution in [-0.4, -0.2) is 18.2 Å². The molecule has 6 heteroatoms. The van der Waals surface area contributed by atoms with Crippen molar-refractivity contribution in [1.82, 2.24) is 5.43 Å². The maximum absolute atomic E-state index is 12.1. The molecule has 134 valence electrons. The Labute approximate surface area is 160 Å². The highest BCUT2D eigenvalue weighted by molar-refractivity contribution is 9.10. The SMILES string of the molecule is CC[C@@H](C)Oc1ccc(/C=N/NC(=O)c2cc3cc(Br)ccc3o2)cc1. The highest BCUT2D eigenvalue weighted by atomic mass is 79.9. The molecule has 0 aliphatic carbocycles. The zero-order valence-corrected chi connectivity index (χ0v) is 16.1. The van der Waals surface area contributed by atoms with Crippen LogP contribution in [-0.2, 0) is 0 Å². The fraction of sp³-hybridized carbons (Fsp3) is 0.200. The first-order valence-electron chi connectivity index (χ1n) is 8.34. The smallest absolute Gasteiger partial charge is 0.307 e. The van der Waals surface area contributed by atoms with Crippen LogP contribution >= 0.6 is 15.9 Å². The van der Waals surface area contributed by atoms with Gasteiger partial charge in [0.2, 0.25) is 0 Å². The van der Waals surface area contributed by atoms with Gasteiger partial charge in [-0.3, -0.25) is 4.79 Å². The standard InChI is InChI=1S/C20H19BrN2O3/c1-3-13(2)25-17-7-4-14(5-8-17)12-22-23-20(24)19-11-15-10-16(21)6-9-18(15)26-19/h4-13H,3H2,1-2H3,(H,23,24)/b22-12+/t13-/m1/s1. The number of carbonyl (C=O) groups is 1. The number of hydrogen-bond donors (Lipinski definition) is 1. The summed E-state index contributed by atoms with van der Waals surface area (Å²) in [5.41, 5.74) is 3.98. The van der Waals surface area contributed by atoms with Gasteiger partial charge in [0.15, 0.2) is 5.76 Å². The third kappa shape index (κ3) is 4.52. The van der Waals surface area contributed by atoms with E-state index in [1.807, 2.05) is 49.4 Å². The first-order valence-corrected chi connectivity index (χ1v) is 9.13. The molecule has 1 heterocycles. The van der Waals surface area contributed by atoms with Gasteiger partial charge in [-0.2, -0.15) is 5.10 Å². The first-order chi connectivity index (χ1) is 12.5. The zero-order valence-electron chi connectivity index (χ0n) is 14.5. The Morgan fingerprint density at radius 3 is 2.77 bits per heavy atom. The molecular weight excluding hydrogens is 396 g/mol. The van der Waals surface area contributed by atoms with Gasteiger partial charge in [0.05, 0.1) is 12.3 Å². The van der Waals surface area contributed by atoms with Gasteiger partial charge in [0.1, 0.15) is 11.3 Å². The summed E-state index contributed by atoms with van der Waals surface area (Å²) in [7, 11) is 0. The number of halogens is 1. The average Bonchev–Trinajstić information content (AvgIpc) is 3.06. The van der Waals surface area contributed by atoms with E-state index in [-0.39, 0.29) is 11.9 Å². The van der Waals surface area contributed by atoms with Crippen LogP contribution < -0.4 is 10.2 Å². The van der Waals surface area contributed by atoms with E-state index in [0.29, 0.717) is 5.58 Å². The normalized spacial score (nSPS) is 12.4. The molecule has 5 nitrogen and oxygen atoms in total. The molecule has 1 aromatic heterocycles. The summed E-state index contributed by atoms with van der Waals surface area (Å²) >= 11 is 3.39. The van der Waals surface area contributed by atoms with Crippen molar-refractivity contribution in [2.75, 3.05) is 0 Å². The Hall–Kier alpha value is -2.60. The van der Waals surface area contributed by atoms with E-state index >= 15 is 0 Å². The van der Waals surface area contributed by atoms with Crippen LogP contribution in [0.25, 0.3) is 11.0 Å². The lowest BCUT2D eigenvalue weighted by molar-refractivity contribution is 0.0929. The van der Waals surface area contributed by atoms with Crippen molar-refractivity contribution in [3.05, 3.63) is 64.3 Å². The second-order valence-corrected chi connectivity index (χ2v) is 6.81. The fourth-order valence-electron chi connectivity index (χ4n) is 2.29. The van der Waals surface area contributed by atoms with Gasteiger partial charge in [0.25, 0.3) is 0 Å². The Morgan fingerprint density at radius 2 is 2.04 bits per heavy atom. The molecule has 0 radical (unpaired) electrons. The molecule has 0 saturated heterocycles. The maximum atomic E-state index is 12.1. The number of carbonyl (C=O) groups excluding carboxylic acids is 1. The number of amides is 1. The van der Waals surface area contributed by atoms with E-state index < -0.39 is 5.91 Å². The van der Waals surface area contributed by atoms with Crippen molar-refractivity contribution in [2.45, 2.75) is 26.4 Å². The van der Waals surface area contributed by atoms with Gasteiger partial charge in [-0.15, -0.1) is 0 Å². The lowest BCUT2D eigenvalue weighted by Crippen LogP contribution is -2.16. The lowest BCUT2D eigenvalue weighted by Gasteiger charge is -2.12. The molecule has 0 bridgehead atoms. The highest BCUT2D eigenvalue weighted by Gasteiger charge is 2.11. The number of furan rings is 1. The monoisotopic (exact) mass is 414 g/mol. The summed E-state index contributed by atoms with van der Waals surface area (Å²) in [5.74, 6) is 0.631. The third-order valence-electron chi connectivity index (χ3n) is 3.87. The van der Waals surface area contributed by atoms with Crippen molar-refractivity contribution < 1.29 is 13.9 Å². The third-order valence-corrected chi connectivity index (χ3v) is 4.37. The zero-order chi connectivity index (χ0) is 18.5. The molecular formula is C20H19BrN2O3. The predicted octanol–water partition coefficient (Wildman–Crippen LogP) is 5.14. The molecule has 3 aromatic rings. The Balaban J connectivity index is 1.61. The van der Waals surface area contributed by atoms with Crippen molar-refractivity contribution in [3.63, 3.8) is 0 Å². The molecule has 0 saturated carbocycles. The molecule has 0 aliphatic rings. The largest absolute Gasteiger partial charge is 0.491 e. The topological polar surface area (TPSA) is 63.8 Å². The summed E-state index contributed by atoms with van der Waals surface area (Å²) in [4.78, 5) is 12.1. The Morgan fingerprint density at radius 1 is 1.27 bits per heavy atom. The molecule has 1 atom stereocenters. The number of fused-ring (bicyclic) bond motifs is 1. The molecule has 26 heavy (non-hydrogen) atoms. The van der Waals surface area contributed by atoms with E-state index in [0.717, 1.165) is 27.6 Å². The van der Waals surface area contributed by atoms with Gasteiger partial charge >= 0.3 is 5.91 Å². The second kappa shape index (κ2) is 8.19. The molecule has 1 amide bonds. The number of nitrogens with one attached hydrogen (secondary N) is 1. The molecule has 1 N–H and O–H groups in total.